The molecule has 1 aromatic rings. The van der Waals surface area contributed by atoms with Gasteiger partial charge in [0.1, 0.15) is 12.4 Å². The molecule has 0 spiro atoms. The summed E-state index contributed by atoms with van der Waals surface area (Å²) in [6.07, 6.45) is 2.54. The molecule has 1 amide bonds. The molecule has 3 rings (SSSR count). The Hall–Kier alpha value is -1.60. The zero-order chi connectivity index (χ0) is 14.3. The SMILES string of the molecule is NS(=O)(=O)c1ccc2c(c1)CC(C(=O)NC1CC1)CO2. The first kappa shape index (κ1) is 13.4. The minimum atomic E-state index is -3.74. The Morgan fingerprint density at radius 2 is 2.10 bits per heavy atom. The standard InChI is InChI=1S/C13H16N2O4S/c14-20(17,18)11-3-4-12-8(6-11)5-9(7-19-12)13(16)15-10-1-2-10/h3-4,6,9-10H,1-2,5,7H2,(H,15,16)(H2,14,17,18). The summed E-state index contributed by atoms with van der Waals surface area (Å²) in [6.45, 7) is 0.320. The number of ether oxygens (including phenoxy) is 1. The largest absolute Gasteiger partial charge is 0.492 e. The van der Waals surface area contributed by atoms with E-state index in [4.69, 9.17) is 9.88 Å². The molecule has 0 saturated heterocycles. The van der Waals surface area contributed by atoms with Gasteiger partial charge in [0, 0.05) is 6.04 Å². The molecule has 1 atom stereocenters. The Balaban J connectivity index is 1.80. The van der Waals surface area contributed by atoms with Gasteiger partial charge in [-0.25, -0.2) is 13.6 Å². The molecule has 3 N–H and O–H groups in total. The average Bonchev–Trinajstić information content (AvgIpc) is 3.20. The van der Waals surface area contributed by atoms with Crippen molar-refractivity contribution < 1.29 is 17.9 Å². The van der Waals surface area contributed by atoms with Gasteiger partial charge in [-0.05, 0) is 43.0 Å². The molecule has 0 radical (unpaired) electrons. The lowest BCUT2D eigenvalue weighted by atomic mass is 9.96. The molecule has 1 aromatic carbocycles. The third kappa shape index (κ3) is 2.78. The number of hydrogen-bond acceptors (Lipinski definition) is 4. The third-order valence-electron chi connectivity index (χ3n) is 3.56. The second-order valence-corrected chi connectivity index (χ2v) is 6.87. The van der Waals surface area contributed by atoms with Crippen LogP contribution in [0.2, 0.25) is 0 Å². The number of nitrogens with one attached hydrogen (secondary N) is 1. The summed E-state index contributed by atoms with van der Waals surface area (Å²) in [5.74, 6) is 0.311. The van der Waals surface area contributed by atoms with Crippen LogP contribution in [-0.4, -0.2) is 27.0 Å². The van der Waals surface area contributed by atoms with E-state index in [1.165, 1.54) is 12.1 Å². The topological polar surface area (TPSA) is 98.5 Å². The van der Waals surface area contributed by atoms with Crippen LogP contribution < -0.4 is 15.2 Å². The predicted octanol–water partition coefficient (Wildman–Crippen LogP) is 0.164. The van der Waals surface area contributed by atoms with Gasteiger partial charge >= 0.3 is 0 Å². The number of fused-ring (bicyclic) bond motifs is 1. The molecule has 108 valence electrons. The molecule has 1 aliphatic carbocycles. The highest BCUT2D eigenvalue weighted by Crippen LogP contribution is 2.30. The van der Waals surface area contributed by atoms with E-state index in [0.29, 0.717) is 30.4 Å². The Labute approximate surface area is 117 Å². The first-order chi connectivity index (χ1) is 9.43. The van der Waals surface area contributed by atoms with Crippen molar-refractivity contribution >= 4 is 15.9 Å². The van der Waals surface area contributed by atoms with E-state index in [1.54, 1.807) is 6.07 Å². The number of benzene rings is 1. The number of carbonyl (C=O) groups excluding carboxylic acids is 1. The zero-order valence-electron chi connectivity index (χ0n) is 10.8. The lowest BCUT2D eigenvalue weighted by molar-refractivity contribution is -0.126. The normalized spacial score (nSPS) is 21.8. The van der Waals surface area contributed by atoms with Gasteiger partial charge in [-0.15, -0.1) is 0 Å². The minimum Gasteiger partial charge on any atom is -0.492 e. The Morgan fingerprint density at radius 3 is 2.75 bits per heavy atom. The number of amides is 1. The summed E-state index contributed by atoms with van der Waals surface area (Å²) in [7, 11) is -3.74. The number of primary sulfonamides is 1. The van der Waals surface area contributed by atoms with E-state index in [0.717, 1.165) is 12.8 Å². The van der Waals surface area contributed by atoms with Gasteiger partial charge < -0.3 is 10.1 Å². The van der Waals surface area contributed by atoms with E-state index in [-0.39, 0.29) is 16.7 Å². The smallest absolute Gasteiger partial charge is 0.238 e. The Morgan fingerprint density at radius 1 is 1.35 bits per heavy atom. The van der Waals surface area contributed by atoms with Crippen LogP contribution in [0.3, 0.4) is 0 Å². The maximum atomic E-state index is 12.0. The first-order valence-corrected chi connectivity index (χ1v) is 8.07. The molecule has 7 heteroatoms. The fourth-order valence-corrected chi connectivity index (χ4v) is 2.83. The number of nitrogens with two attached hydrogens (primary N) is 1. The molecule has 0 aromatic heterocycles. The summed E-state index contributed by atoms with van der Waals surface area (Å²) >= 11 is 0. The molecule has 1 saturated carbocycles. The lowest BCUT2D eigenvalue weighted by Crippen LogP contribution is -2.38. The van der Waals surface area contributed by atoms with Crippen molar-refractivity contribution in [1.82, 2.24) is 5.32 Å². The van der Waals surface area contributed by atoms with Crippen LogP contribution in [0.4, 0.5) is 0 Å². The monoisotopic (exact) mass is 296 g/mol. The second-order valence-electron chi connectivity index (χ2n) is 5.31. The summed E-state index contributed by atoms with van der Waals surface area (Å²) < 4.78 is 28.2. The van der Waals surface area contributed by atoms with Crippen LogP contribution in [0.15, 0.2) is 23.1 Å². The lowest BCUT2D eigenvalue weighted by Gasteiger charge is -2.25. The van der Waals surface area contributed by atoms with Crippen molar-refractivity contribution in [3.63, 3.8) is 0 Å². The molecule has 2 aliphatic rings. The van der Waals surface area contributed by atoms with Gasteiger partial charge in [0.05, 0.1) is 10.8 Å². The molecule has 0 bridgehead atoms. The van der Waals surface area contributed by atoms with Crippen LogP contribution in [0.1, 0.15) is 18.4 Å². The highest BCUT2D eigenvalue weighted by Gasteiger charge is 2.31. The number of carbonyl (C=O) groups is 1. The van der Waals surface area contributed by atoms with Crippen LogP contribution in [0, 0.1) is 5.92 Å². The van der Waals surface area contributed by atoms with Crippen LogP contribution in [0.5, 0.6) is 5.75 Å². The molecular weight excluding hydrogens is 280 g/mol. The second kappa shape index (κ2) is 4.75. The summed E-state index contributed by atoms with van der Waals surface area (Å²) in [5.41, 5.74) is 0.707. The summed E-state index contributed by atoms with van der Waals surface area (Å²) in [6, 6.07) is 4.80. The van der Waals surface area contributed by atoms with Gasteiger partial charge in [-0.3, -0.25) is 4.79 Å². The first-order valence-electron chi connectivity index (χ1n) is 6.52. The number of hydrogen-bond donors (Lipinski definition) is 2. The van der Waals surface area contributed by atoms with Crippen LogP contribution in [-0.2, 0) is 21.2 Å². The minimum absolute atomic E-state index is 0.0286. The highest BCUT2D eigenvalue weighted by atomic mass is 32.2. The van der Waals surface area contributed by atoms with E-state index < -0.39 is 10.0 Å². The van der Waals surface area contributed by atoms with Gasteiger partial charge in [0.15, 0.2) is 0 Å². The number of sulfonamides is 1. The van der Waals surface area contributed by atoms with E-state index >= 15 is 0 Å². The zero-order valence-corrected chi connectivity index (χ0v) is 11.7. The van der Waals surface area contributed by atoms with Gasteiger partial charge in [-0.2, -0.15) is 0 Å². The Kier molecular flexibility index (Phi) is 3.18. The molecule has 1 fully saturated rings. The van der Waals surface area contributed by atoms with Crippen LogP contribution in [0.25, 0.3) is 0 Å². The van der Waals surface area contributed by atoms with Crippen molar-refractivity contribution in [2.45, 2.75) is 30.2 Å². The van der Waals surface area contributed by atoms with Gasteiger partial charge in [0.2, 0.25) is 15.9 Å². The molecule has 1 aliphatic heterocycles. The highest BCUT2D eigenvalue weighted by molar-refractivity contribution is 7.89. The maximum absolute atomic E-state index is 12.0. The summed E-state index contributed by atoms with van der Waals surface area (Å²) in [5, 5.41) is 8.05. The van der Waals surface area contributed by atoms with Crippen molar-refractivity contribution in [2.75, 3.05) is 6.61 Å². The fourth-order valence-electron chi connectivity index (χ4n) is 2.26. The van der Waals surface area contributed by atoms with E-state index in [2.05, 4.69) is 5.32 Å². The van der Waals surface area contributed by atoms with E-state index in [9.17, 15) is 13.2 Å². The van der Waals surface area contributed by atoms with E-state index in [1.807, 2.05) is 0 Å². The van der Waals surface area contributed by atoms with Crippen molar-refractivity contribution in [3.05, 3.63) is 23.8 Å². The fraction of sp³-hybridized carbons (Fsp3) is 0.462. The summed E-state index contributed by atoms with van der Waals surface area (Å²) in [4.78, 5) is 12.1. The number of rotatable bonds is 3. The van der Waals surface area contributed by atoms with Crippen LogP contribution >= 0.6 is 0 Å². The van der Waals surface area contributed by atoms with Crippen molar-refractivity contribution in [1.29, 1.82) is 0 Å². The quantitative estimate of drug-likeness (QED) is 0.830. The van der Waals surface area contributed by atoms with Gasteiger partial charge in [-0.1, -0.05) is 0 Å². The Bertz CT molecular complexity index is 652. The van der Waals surface area contributed by atoms with Crippen molar-refractivity contribution in [2.24, 2.45) is 11.1 Å². The molecule has 1 heterocycles. The van der Waals surface area contributed by atoms with Crippen molar-refractivity contribution in [3.8, 4) is 5.75 Å². The molecule has 1 unspecified atom stereocenters. The molecular formula is C13H16N2O4S. The maximum Gasteiger partial charge on any atom is 0.238 e. The van der Waals surface area contributed by atoms with Gasteiger partial charge in [0.25, 0.3) is 0 Å². The molecule has 20 heavy (non-hydrogen) atoms. The molecule has 6 nitrogen and oxygen atoms in total. The third-order valence-corrected chi connectivity index (χ3v) is 4.47. The average molecular weight is 296 g/mol. The predicted molar refractivity (Wildman–Crippen MR) is 71.7 cm³/mol.